The van der Waals surface area contributed by atoms with E-state index in [4.69, 9.17) is 0 Å². The largest absolute Gasteiger partial charge is 0.350 e. The minimum absolute atomic E-state index is 0.0550. The predicted octanol–water partition coefficient (Wildman–Crippen LogP) is 3.35. The molecule has 0 saturated carbocycles. The lowest BCUT2D eigenvalue weighted by atomic mass is 9.99. The number of carbonyl (C=O) groups is 1. The average Bonchev–Trinajstić information content (AvgIpc) is 3.08. The molecule has 0 aliphatic carbocycles. The molecule has 0 bridgehead atoms. The van der Waals surface area contributed by atoms with Gasteiger partial charge in [-0.05, 0) is 45.4 Å². The van der Waals surface area contributed by atoms with E-state index in [0.29, 0.717) is 6.54 Å². The second kappa shape index (κ2) is 6.43. The van der Waals surface area contributed by atoms with E-state index in [1.165, 1.54) is 0 Å². The number of imidazole rings is 1. The first kappa shape index (κ1) is 16.2. The molecule has 0 aliphatic heterocycles. The fourth-order valence-corrected chi connectivity index (χ4v) is 2.85. The standard InChI is InChI=1S/C19H22N4O/c1-12-5-6-17-16(9-12)18(14(3)15(4)22-17)19(24)21-10-13(2)23-8-7-20-11-23/h5-9,11,13H,10H2,1-4H3,(H,21,24)/t13-/m0/s1. The van der Waals surface area contributed by atoms with E-state index in [9.17, 15) is 4.79 Å². The maximum atomic E-state index is 12.9. The first-order valence-corrected chi connectivity index (χ1v) is 8.10. The predicted molar refractivity (Wildman–Crippen MR) is 95.2 cm³/mol. The van der Waals surface area contributed by atoms with Crippen LogP contribution in [-0.2, 0) is 0 Å². The topological polar surface area (TPSA) is 59.8 Å². The molecule has 3 aromatic rings. The van der Waals surface area contributed by atoms with Gasteiger partial charge in [0.25, 0.3) is 5.91 Å². The number of benzene rings is 1. The summed E-state index contributed by atoms with van der Waals surface area (Å²) in [5.74, 6) is -0.0550. The van der Waals surface area contributed by atoms with Crippen LogP contribution in [0.1, 0.15) is 40.1 Å². The quantitative estimate of drug-likeness (QED) is 0.801. The highest BCUT2D eigenvalue weighted by molar-refractivity contribution is 6.07. The van der Waals surface area contributed by atoms with Crippen LogP contribution >= 0.6 is 0 Å². The Hall–Kier alpha value is -2.69. The van der Waals surface area contributed by atoms with Gasteiger partial charge in [0.1, 0.15) is 0 Å². The molecule has 0 radical (unpaired) electrons. The number of pyridine rings is 1. The number of amides is 1. The van der Waals surface area contributed by atoms with Gasteiger partial charge in [0.2, 0.25) is 0 Å². The van der Waals surface area contributed by atoms with Crippen molar-refractivity contribution in [1.29, 1.82) is 0 Å². The zero-order valence-corrected chi connectivity index (χ0v) is 14.5. The fourth-order valence-electron chi connectivity index (χ4n) is 2.85. The summed E-state index contributed by atoms with van der Waals surface area (Å²) in [7, 11) is 0. The van der Waals surface area contributed by atoms with Crippen LogP contribution in [0.15, 0.2) is 36.9 Å². The molecule has 2 heterocycles. The van der Waals surface area contributed by atoms with Crippen molar-refractivity contribution in [2.45, 2.75) is 33.7 Å². The lowest BCUT2D eigenvalue weighted by Gasteiger charge is -2.16. The van der Waals surface area contributed by atoms with Crippen molar-refractivity contribution >= 4 is 16.8 Å². The van der Waals surface area contributed by atoms with Crippen LogP contribution in [-0.4, -0.2) is 27.0 Å². The molecule has 0 saturated heterocycles. The monoisotopic (exact) mass is 322 g/mol. The molecular formula is C19H22N4O. The van der Waals surface area contributed by atoms with Crippen molar-refractivity contribution in [2.75, 3.05) is 6.54 Å². The number of hydrogen-bond acceptors (Lipinski definition) is 3. The zero-order valence-electron chi connectivity index (χ0n) is 14.5. The van der Waals surface area contributed by atoms with E-state index in [1.807, 2.05) is 49.7 Å². The Morgan fingerprint density at radius 2 is 2.08 bits per heavy atom. The number of fused-ring (bicyclic) bond motifs is 1. The maximum absolute atomic E-state index is 12.9. The van der Waals surface area contributed by atoms with Crippen LogP contribution in [0.2, 0.25) is 0 Å². The molecule has 24 heavy (non-hydrogen) atoms. The second-order valence-electron chi connectivity index (χ2n) is 6.29. The molecule has 1 N–H and O–H groups in total. The van der Waals surface area contributed by atoms with Crippen molar-refractivity contribution < 1.29 is 4.79 Å². The van der Waals surface area contributed by atoms with Crippen molar-refractivity contribution in [3.05, 3.63) is 59.3 Å². The summed E-state index contributed by atoms with van der Waals surface area (Å²) in [4.78, 5) is 21.5. The van der Waals surface area contributed by atoms with Gasteiger partial charge in [-0.1, -0.05) is 11.6 Å². The van der Waals surface area contributed by atoms with E-state index in [-0.39, 0.29) is 11.9 Å². The van der Waals surface area contributed by atoms with Crippen LogP contribution in [0, 0.1) is 20.8 Å². The summed E-state index contributed by atoms with van der Waals surface area (Å²) in [6.45, 7) is 8.52. The van der Waals surface area contributed by atoms with Crippen molar-refractivity contribution in [1.82, 2.24) is 19.9 Å². The molecule has 1 amide bonds. The molecule has 124 valence electrons. The van der Waals surface area contributed by atoms with Crippen LogP contribution in [0.4, 0.5) is 0 Å². The van der Waals surface area contributed by atoms with Gasteiger partial charge in [-0.25, -0.2) is 4.98 Å². The lowest BCUT2D eigenvalue weighted by molar-refractivity contribution is 0.0949. The van der Waals surface area contributed by atoms with Crippen molar-refractivity contribution in [3.63, 3.8) is 0 Å². The third kappa shape index (κ3) is 3.02. The molecular weight excluding hydrogens is 300 g/mol. The Morgan fingerprint density at radius 3 is 2.79 bits per heavy atom. The fraction of sp³-hybridized carbons (Fsp3) is 0.316. The average molecular weight is 322 g/mol. The van der Waals surface area contributed by atoms with E-state index in [0.717, 1.165) is 33.3 Å². The summed E-state index contributed by atoms with van der Waals surface area (Å²) in [6.07, 6.45) is 5.40. The van der Waals surface area contributed by atoms with Crippen LogP contribution in [0.3, 0.4) is 0 Å². The highest BCUT2D eigenvalue weighted by Crippen LogP contribution is 2.24. The molecule has 1 aromatic carbocycles. The van der Waals surface area contributed by atoms with Gasteiger partial charge in [-0.15, -0.1) is 0 Å². The summed E-state index contributed by atoms with van der Waals surface area (Å²) >= 11 is 0. The third-order valence-corrected chi connectivity index (χ3v) is 4.45. The van der Waals surface area contributed by atoms with Crippen LogP contribution in [0.5, 0.6) is 0 Å². The molecule has 3 rings (SSSR count). The molecule has 0 unspecified atom stereocenters. The third-order valence-electron chi connectivity index (χ3n) is 4.45. The molecule has 2 aromatic heterocycles. The molecule has 0 aliphatic rings. The summed E-state index contributed by atoms with van der Waals surface area (Å²) in [5, 5.41) is 3.96. The number of aryl methyl sites for hydroxylation is 2. The SMILES string of the molecule is Cc1ccc2nc(C)c(C)c(C(=O)NC[C@H](C)n3ccnc3)c2c1. The Morgan fingerprint density at radius 1 is 1.29 bits per heavy atom. The van der Waals surface area contributed by atoms with Gasteiger partial charge in [0.15, 0.2) is 0 Å². The maximum Gasteiger partial charge on any atom is 0.252 e. The Kier molecular flexibility index (Phi) is 4.34. The van der Waals surface area contributed by atoms with Gasteiger partial charge in [-0.3, -0.25) is 9.78 Å². The summed E-state index contributed by atoms with van der Waals surface area (Å²) < 4.78 is 1.98. The molecule has 5 heteroatoms. The zero-order chi connectivity index (χ0) is 17.3. The van der Waals surface area contributed by atoms with E-state index in [2.05, 4.69) is 22.2 Å². The normalized spacial score (nSPS) is 12.3. The van der Waals surface area contributed by atoms with E-state index in [1.54, 1.807) is 12.5 Å². The van der Waals surface area contributed by atoms with Crippen LogP contribution < -0.4 is 5.32 Å². The second-order valence-corrected chi connectivity index (χ2v) is 6.29. The summed E-state index contributed by atoms with van der Waals surface area (Å²) in [6, 6.07) is 6.17. The lowest BCUT2D eigenvalue weighted by Crippen LogP contribution is -2.30. The number of hydrogen-bond donors (Lipinski definition) is 1. The van der Waals surface area contributed by atoms with Gasteiger partial charge < -0.3 is 9.88 Å². The van der Waals surface area contributed by atoms with E-state index < -0.39 is 0 Å². The minimum Gasteiger partial charge on any atom is -0.350 e. The number of rotatable bonds is 4. The first-order valence-electron chi connectivity index (χ1n) is 8.10. The number of nitrogens with zero attached hydrogens (tertiary/aromatic N) is 3. The van der Waals surface area contributed by atoms with Crippen LogP contribution in [0.25, 0.3) is 10.9 Å². The smallest absolute Gasteiger partial charge is 0.252 e. The van der Waals surface area contributed by atoms with Gasteiger partial charge in [-0.2, -0.15) is 0 Å². The molecule has 0 fully saturated rings. The van der Waals surface area contributed by atoms with Gasteiger partial charge in [0, 0.05) is 36.1 Å². The number of carbonyl (C=O) groups excluding carboxylic acids is 1. The first-order chi connectivity index (χ1) is 11.5. The molecule has 1 atom stereocenters. The summed E-state index contributed by atoms with van der Waals surface area (Å²) in [5.41, 5.74) is 4.52. The van der Waals surface area contributed by atoms with Crippen molar-refractivity contribution in [3.8, 4) is 0 Å². The Bertz CT molecular complexity index is 884. The number of aromatic nitrogens is 3. The Labute approximate surface area is 141 Å². The van der Waals surface area contributed by atoms with Gasteiger partial charge in [0.05, 0.1) is 17.4 Å². The van der Waals surface area contributed by atoms with Crippen molar-refractivity contribution in [2.24, 2.45) is 0 Å². The van der Waals surface area contributed by atoms with Gasteiger partial charge >= 0.3 is 0 Å². The molecule has 0 spiro atoms. The number of nitrogens with one attached hydrogen (secondary N) is 1. The minimum atomic E-state index is -0.0550. The highest BCUT2D eigenvalue weighted by Gasteiger charge is 2.17. The Balaban J connectivity index is 1.91. The van der Waals surface area contributed by atoms with E-state index >= 15 is 0 Å². The highest BCUT2D eigenvalue weighted by atomic mass is 16.1. The molecule has 5 nitrogen and oxygen atoms in total.